The Kier molecular flexibility index (Phi) is 6.69. The van der Waals surface area contributed by atoms with Gasteiger partial charge >= 0.3 is 12.0 Å². The van der Waals surface area contributed by atoms with Crippen LogP contribution in [0.3, 0.4) is 0 Å². The zero-order valence-corrected chi connectivity index (χ0v) is 17.5. The molecule has 0 spiro atoms. The van der Waals surface area contributed by atoms with Gasteiger partial charge < -0.3 is 15.4 Å². The Morgan fingerprint density at radius 2 is 1.55 bits per heavy atom. The van der Waals surface area contributed by atoms with Crippen molar-refractivity contribution in [3.63, 3.8) is 0 Å². The first-order valence-corrected chi connectivity index (χ1v) is 9.97. The van der Waals surface area contributed by atoms with E-state index in [4.69, 9.17) is 4.74 Å². The second-order valence-corrected chi connectivity index (χ2v) is 7.74. The molecule has 0 unspecified atom stereocenters. The quantitative estimate of drug-likeness (QED) is 0.500. The average Bonchev–Trinajstić information content (AvgIpc) is 2.96. The van der Waals surface area contributed by atoms with Crippen molar-refractivity contribution in [3.8, 4) is 0 Å². The van der Waals surface area contributed by atoms with E-state index in [2.05, 4.69) is 10.6 Å². The van der Waals surface area contributed by atoms with E-state index < -0.39 is 36.0 Å². The first-order valence-electron chi connectivity index (χ1n) is 9.97. The maximum absolute atomic E-state index is 12.4. The maximum atomic E-state index is 12.4. The van der Waals surface area contributed by atoms with Gasteiger partial charge in [0.05, 0.1) is 12.5 Å². The van der Waals surface area contributed by atoms with E-state index in [-0.39, 0.29) is 19.0 Å². The van der Waals surface area contributed by atoms with E-state index in [1.165, 1.54) is 0 Å². The molecule has 31 heavy (non-hydrogen) atoms. The molecule has 2 aromatic rings. The van der Waals surface area contributed by atoms with Gasteiger partial charge in [-0.1, -0.05) is 60.7 Å². The topological polar surface area (TPSA) is 105 Å². The third kappa shape index (κ3) is 5.48. The molecule has 1 heterocycles. The van der Waals surface area contributed by atoms with Crippen LogP contribution in [0.2, 0.25) is 0 Å². The van der Waals surface area contributed by atoms with E-state index >= 15 is 0 Å². The van der Waals surface area contributed by atoms with Crippen LogP contribution >= 0.6 is 0 Å². The summed E-state index contributed by atoms with van der Waals surface area (Å²) in [7, 11) is 0. The number of nitrogens with one attached hydrogen (secondary N) is 2. The third-order valence-corrected chi connectivity index (χ3v) is 4.92. The van der Waals surface area contributed by atoms with Crippen LogP contribution in [0.15, 0.2) is 60.7 Å². The maximum Gasteiger partial charge on any atom is 0.325 e. The lowest BCUT2D eigenvalue weighted by molar-refractivity contribution is -0.149. The van der Waals surface area contributed by atoms with Gasteiger partial charge in [-0.25, -0.2) is 4.79 Å². The van der Waals surface area contributed by atoms with Crippen molar-refractivity contribution < 1.29 is 23.9 Å². The number of nitrogens with zero attached hydrogens (tertiary/aromatic N) is 1. The Balaban J connectivity index is 1.53. The zero-order chi connectivity index (χ0) is 22.4. The van der Waals surface area contributed by atoms with Gasteiger partial charge in [-0.15, -0.1) is 0 Å². The molecule has 3 rings (SSSR count). The summed E-state index contributed by atoms with van der Waals surface area (Å²) in [6.07, 6.45) is -0.191. The highest BCUT2D eigenvalue weighted by molar-refractivity contribution is 6.06. The third-order valence-electron chi connectivity index (χ3n) is 4.92. The number of carbonyl (C=O) groups is 4. The fraction of sp³-hybridized carbons (Fsp3) is 0.304. The molecule has 1 aliphatic heterocycles. The highest BCUT2D eigenvalue weighted by atomic mass is 16.5. The second kappa shape index (κ2) is 9.42. The van der Waals surface area contributed by atoms with Crippen molar-refractivity contribution >= 4 is 23.8 Å². The molecular weight excluding hydrogens is 398 g/mol. The number of ether oxygens (including phenoxy) is 1. The molecule has 2 aromatic carbocycles. The van der Waals surface area contributed by atoms with Crippen molar-refractivity contribution in [1.82, 2.24) is 15.5 Å². The predicted octanol–water partition coefficient (Wildman–Crippen LogP) is 2.16. The van der Waals surface area contributed by atoms with Gasteiger partial charge in [0, 0.05) is 6.54 Å². The van der Waals surface area contributed by atoms with Gasteiger partial charge in [0.25, 0.3) is 11.8 Å². The zero-order valence-electron chi connectivity index (χ0n) is 17.5. The summed E-state index contributed by atoms with van der Waals surface area (Å²) >= 11 is 0. The van der Waals surface area contributed by atoms with Crippen LogP contribution < -0.4 is 10.6 Å². The van der Waals surface area contributed by atoms with Crippen LogP contribution in [0, 0.1) is 0 Å². The lowest BCUT2D eigenvalue weighted by Crippen LogP contribution is -2.40. The summed E-state index contributed by atoms with van der Waals surface area (Å²) in [5.41, 5.74) is 0.800. The predicted molar refractivity (Wildman–Crippen MR) is 113 cm³/mol. The van der Waals surface area contributed by atoms with Crippen molar-refractivity contribution in [1.29, 1.82) is 0 Å². The van der Waals surface area contributed by atoms with E-state index in [0.717, 1.165) is 16.0 Å². The minimum atomic E-state index is -0.995. The molecule has 0 saturated carbocycles. The Morgan fingerprint density at radius 3 is 2.03 bits per heavy atom. The molecule has 162 valence electrons. The van der Waals surface area contributed by atoms with Gasteiger partial charge in [-0.3, -0.25) is 19.3 Å². The summed E-state index contributed by atoms with van der Waals surface area (Å²) in [5, 5.41) is 5.42. The van der Waals surface area contributed by atoms with Crippen LogP contribution in [-0.2, 0) is 19.1 Å². The average molecular weight is 423 g/mol. The van der Waals surface area contributed by atoms with E-state index in [1.807, 2.05) is 60.7 Å². The largest absolute Gasteiger partial charge is 0.456 e. The number of carbonyl (C=O) groups excluding carboxylic acids is 4. The van der Waals surface area contributed by atoms with Crippen LogP contribution in [0.25, 0.3) is 0 Å². The molecular formula is C23H25N3O5. The summed E-state index contributed by atoms with van der Waals surface area (Å²) in [5.74, 6) is -1.53. The number of urea groups is 1. The normalized spacial score (nSPS) is 15.0. The number of imide groups is 1. The van der Waals surface area contributed by atoms with Crippen molar-refractivity contribution in [2.75, 3.05) is 13.2 Å². The highest BCUT2D eigenvalue weighted by Gasteiger charge is 2.44. The SMILES string of the molecule is CC1(C)NC(=O)N(CCC(=O)OCC(=O)NC(c2ccccc2)c2ccccc2)C1=O. The molecule has 2 N–H and O–H groups in total. The first kappa shape index (κ1) is 22.0. The summed E-state index contributed by atoms with van der Waals surface area (Å²) in [4.78, 5) is 49.4. The number of benzene rings is 2. The molecule has 0 aliphatic carbocycles. The second-order valence-electron chi connectivity index (χ2n) is 7.74. The fourth-order valence-electron chi connectivity index (χ4n) is 3.30. The van der Waals surface area contributed by atoms with Crippen LogP contribution in [-0.4, -0.2) is 47.4 Å². The lowest BCUT2D eigenvalue weighted by atomic mass is 9.99. The molecule has 0 radical (unpaired) electrons. The molecule has 1 saturated heterocycles. The van der Waals surface area contributed by atoms with Crippen molar-refractivity contribution in [2.24, 2.45) is 0 Å². The Morgan fingerprint density at radius 1 is 1.00 bits per heavy atom. The Bertz CT molecular complexity index is 920. The van der Waals surface area contributed by atoms with Crippen LogP contribution in [0.4, 0.5) is 4.79 Å². The van der Waals surface area contributed by atoms with Gasteiger partial charge in [-0.05, 0) is 25.0 Å². The monoisotopic (exact) mass is 423 g/mol. The molecule has 0 aromatic heterocycles. The molecule has 8 heteroatoms. The number of amides is 4. The smallest absolute Gasteiger partial charge is 0.325 e. The van der Waals surface area contributed by atoms with E-state index in [1.54, 1.807) is 13.8 Å². The summed E-state index contributed by atoms with van der Waals surface area (Å²) in [6, 6.07) is 18.0. The molecule has 0 atom stereocenters. The fourth-order valence-corrected chi connectivity index (χ4v) is 3.30. The standard InChI is InChI=1S/C23H25N3O5/c1-23(2)21(29)26(22(30)25-23)14-13-19(28)31-15-18(27)24-20(16-9-5-3-6-10-16)17-11-7-4-8-12-17/h3-12,20H,13-15H2,1-2H3,(H,24,27)(H,25,30). The Hall–Kier alpha value is -3.68. The summed E-state index contributed by atoms with van der Waals surface area (Å²) in [6.45, 7) is 2.61. The first-order chi connectivity index (χ1) is 14.8. The molecule has 8 nitrogen and oxygen atoms in total. The molecule has 1 fully saturated rings. The Labute approximate surface area is 180 Å². The van der Waals surface area contributed by atoms with Gasteiger partial charge in [0.1, 0.15) is 5.54 Å². The minimum absolute atomic E-state index is 0.106. The molecule has 4 amide bonds. The minimum Gasteiger partial charge on any atom is -0.456 e. The van der Waals surface area contributed by atoms with E-state index in [9.17, 15) is 19.2 Å². The van der Waals surface area contributed by atoms with Gasteiger partial charge in [-0.2, -0.15) is 0 Å². The van der Waals surface area contributed by atoms with Gasteiger partial charge in [0.15, 0.2) is 6.61 Å². The molecule has 1 aliphatic rings. The lowest BCUT2D eigenvalue weighted by Gasteiger charge is -2.20. The summed E-state index contributed by atoms with van der Waals surface area (Å²) < 4.78 is 5.04. The van der Waals surface area contributed by atoms with Crippen LogP contribution in [0.5, 0.6) is 0 Å². The number of hydrogen-bond donors (Lipinski definition) is 2. The number of hydrogen-bond acceptors (Lipinski definition) is 5. The van der Waals surface area contributed by atoms with Gasteiger partial charge in [0.2, 0.25) is 0 Å². The van der Waals surface area contributed by atoms with Crippen LogP contribution in [0.1, 0.15) is 37.4 Å². The van der Waals surface area contributed by atoms with Crippen molar-refractivity contribution in [2.45, 2.75) is 31.8 Å². The molecule has 0 bridgehead atoms. The van der Waals surface area contributed by atoms with Crippen molar-refractivity contribution in [3.05, 3.63) is 71.8 Å². The highest BCUT2D eigenvalue weighted by Crippen LogP contribution is 2.21. The number of rotatable bonds is 8. The van der Waals surface area contributed by atoms with E-state index in [0.29, 0.717) is 0 Å². The number of esters is 1.